The highest BCUT2D eigenvalue weighted by molar-refractivity contribution is 5.88. The Hall–Kier alpha value is -4.08. The second-order valence-corrected chi connectivity index (χ2v) is 7.45. The van der Waals surface area contributed by atoms with Gasteiger partial charge >= 0.3 is 0 Å². The number of hydrogen-bond acceptors (Lipinski definition) is 8. The van der Waals surface area contributed by atoms with Crippen LogP contribution in [-0.4, -0.2) is 43.4 Å². The fraction of sp³-hybridized carbons (Fsp3) is 0.304. The third kappa shape index (κ3) is 5.59. The number of carbonyl (C=O) groups is 2. The number of hydrogen-bond donors (Lipinski definition) is 2. The van der Waals surface area contributed by atoms with Crippen molar-refractivity contribution in [2.75, 3.05) is 20.2 Å². The van der Waals surface area contributed by atoms with Crippen LogP contribution in [0.1, 0.15) is 18.5 Å². The van der Waals surface area contributed by atoms with Gasteiger partial charge in [-0.05, 0) is 36.8 Å². The summed E-state index contributed by atoms with van der Waals surface area (Å²) in [5.41, 5.74) is 2.19. The van der Waals surface area contributed by atoms with Gasteiger partial charge in [0.05, 0.1) is 12.8 Å². The summed E-state index contributed by atoms with van der Waals surface area (Å²) in [6.07, 6.45) is 6.58. The number of dihydropyridines is 1. The summed E-state index contributed by atoms with van der Waals surface area (Å²) in [6, 6.07) is 9.33. The van der Waals surface area contributed by atoms with Crippen molar-refractivity contribution >= 4 is 18.0 Å². The number of aromatic nitrogens is 1. The van der Waals surface area contributed by atoms with Crippen molar-refractivity contribution in [3.05, 3.63) is 59.7 Å². The number of carbonyl (C=O) groups excluding carboxylic acids is 2. The minimum absolute atomic E-state index is 0.0592. The molecular formula is C23H24N6O4. The van der Waals surface area contributed by atoms with Crippen LogP contribution in [0.25, 0.3) is 11.3 Å². The Bertz CT molecular complexity index is 1130. The molecule has 4 rings (SSSR count). The number of aliphatic imine (C=N–C) groups is 1. The summed E-state index contributed by atoms with van der Waals surface area (Å²) in [5, 5.41) is 17.6. The molecule has 0 bridgehead atoms. The number of allylic oxidation sites excluding steroid dienone is 1. The van der Waals surface area contributed by atoms with Crippen molar-refractivity contribution in [3.63, 3.8) is 0 Å². The Morgan fingerprint density at radius 2 is 2.03 bits per heavy atom. The zero-order valence-electron chi connectivity index (χ0n) is 18.2. The zero-order valence-corrected chi connectivity index (χ0v) is 18.2. The maximum atomic E-state index is 12.1. The van der Waals surface area contributed by atoms with E-state index in [0.29, 0.717) is 49.6 Å². The number of rotatable bonds is 10. The van der Waals surface area contributed by atoms with Crippen LogP contribution in [0.15, 0.2) is 73.7 Å². The maximum absolute atomic E-state index is 12.1. The molecule has 2 aliphatic rings. The molecule has 10 heteroatoms. The molecule has 2 aliphatic heterocycles. The number of fused-ring (bicyclic) bond motifs is 1. The van der Waals surface area contributed by atoms with Crippen molar-refractivity contribution in [3.8, 4) is 17.1 Å². The molecule has 0 radical (unpaired) electrons. The maximum Gasteiger partial charge on any atom is 0.277 e. The van der Waals surface area contributed by atoms with Crippen molar-refractivity contribution in [2.45, 2.75) is 19.3 Å². The molecule has 10 nitrogen and oxygen atoms in total. The van der Waals surface area contributed by atoms with Gasteiger partial charge in [-0.3, -0.25) is 14.6 Å². The molecule has 1 aromatic heterocycles. The molecule has 3 heterocycles. The highest BCUT2D eigenvalue weighted by Gasteiger charge is 2.28. The van der Waals surface area contributed by atoms with E-state index in [-0.39, 0.29) is 11.8 Å². The van der Waals surface area contributed by atoms with E-state index >= 15 is 0 Å². The van der Waals surface area contributed by atoms with Crippen LogP contribution in [0.5, 0.6) is 5.75 Å². The van der Waals surface area contributed by atoms with Crippen LogP contribution < -0.4 is 15.4 Å². The van der Waals surface area contributed by atoms with Crippen molar-refractivity contribution in [2.24, 2.45) is 21.1 Å². The van der Waals surface area contributed by atoms with Crippen molar-refractivity contribution in [1.29, 1.82) is 0 Å². The second-order valence-electron chi connectivity index (χ2n) is 7.45. The molecule has 1 aromatic carbocycles. The van der Waals surface area contributed by atoms with E-state index in [9.17, 15) is 9.59 Å². The van der Waals surface area contributed by atoms with Gasteiger partial charge in [0.1, 0.15) is 17.4 Å². The Morgan fingerprint density at radius 3 is 2.85 bits per heavy atom. The highest BCUT2D eigenvalue weighted by Crippen LogP contribution is 2.26. The van der Waals surface area contributed by atoms with Gasteiger partial charge in [-0.1, -0.05) is 11.2 Å². The number of azo groups is 1. The van der Waals surface area contributed by atoms with Gasteiger partial charge < -0.3 is 19.9 Å². The SMILES string of the molecule is COc1ccc(-c2cc(CCC(=O)NCCCNC3=C4N=CC=CC4C(=O)N=N3)no2)cc1. The fourth-order valence-electron chi connectivity index (χ4n) is 3.38. The normalized spacial score (nSPS) is 16.6. The molecule has 2 N–H and O–H groups in total. The average Bonchev–Trinajstić information content (AvgIpc) is 3.33. The molecule has 0 saturated carbocycles. The van der Waals surface area contributed by atoms with Crippen LogP contribution in [0.4, 0.5) is 0 Å². The summed E-state index contributed by atoms with van der Waals surface area (Å²) in [4.78, 5) is 28.2. The van der Waals surface area contributed by atoms with Crippen LogP contribution in [0.3, 0.4) is 0 Å². The lowest BCUT2D eigenvalue weighted by Gasteiger charge is -2.19. The number of nitrogens with one attached hydrogen (secondary N) is 2. The molecule has 0 aliphatic carbocycles. The number of nitrogens with zero attached hydrogens (tertiary/aromatic N) is 4. The molecule has 2 amide bonds. The lowest BCUT2D eigenvalue weighted by molar-refractivity contribution is -0.121. The smallest absolute Gasteiger partial charge is 0.277 e. The summed E-state index contributed by atoms with van der Waals surface area (Å²) < 4.78 is 10.5. The van der Waals surface area contributed by atoms with Gasteiger partial charge in [0, 0.05) is 43.8 Å². The number of ether oxygens (including phenoxy) is 1. The Labute approximate surface area is 190 Å². The Balaban J connectivity index is 1.16. The van der Waals surface area contributed by atoms with Crippen LogP contribution in [0, 0.1) is 5.92 Å². The second kappa shape index (κ2) is 10.5. The van der Waals surface area contributed by atoms with Crippen molar-refractivity contribution < 1.29 is 18.8 Å². The van der Waals surface area contributed by atoms with E-state index < -0.39 is 5.92 Å². The summed E-state index contributed by atoms with van der Waals surface area (Å²) in [6.45, 7) is 1.07. The third-order valence-corrected chi connectivity index (χ3v) is 5.16. The van der Waals surface area contributed by atoms with Crippen LogP contribution in [0.2, 0.25) is 0 Å². The van der Waals surface area contributed by atoms with Crippen LogP contribution in [-0.2, 0) is 16.0 Å². The van der Waals surface area contributed by atoms with E-state index in [4.69, 9.17) is 9.26 Å². The molecule has 170 valence electrons. The Morgan fingerprint density at radius 1 is 1.18 bits per heavy atom. The first-order chi connectivity index (χ1) is 16.1. The molecule has 2 aromatic rings. The lowest BCUT2D eigenvalue weighted by atomic mass is 10.0. The molecule has 33 heavy (non-hydrogen) atoms. The van der Waals surface area contributed by atoms with Gasteiger partial charge in [0.2, 0.25) is 5.91 Å². The number of amides is 2. The number of benzene rings is 1. The molecule has 0 fully saturated rings. The van der Waals surface area contributed by atoms with E-state index in [2.05, 4.69) is 31.0 Å². The third-order valence-electron chi connectivity index (χ3n) is 5.16. The minimum atomic E-state index is -0.475. The first kappa shape index (κ1) is 22.1. The topological polar surface area (TPSA) is 131 Å². The van der Waals surface area contributed by atoms with Gasteiger partial charge in [-0.15, -0.1) is 10.2 Å². The predicted octanol–water partition coefficient (Wildman–Crippen LogP) is 2.80. The summed E-state index contributed by atoms with van der Waals surface area (Å²) in [7, 11) is 1.62. The van der Waals surface area contributed by atoms with E-state index in [0.717, 1.165) is 17.0 Å². The molecule has 0 spiro atoms. The van der Waals surface area contributed by atoms with Gasteiger partial charge in [0.15, 0.2) is 11.6 Å². The standard InChI is InChI=1S/C23H24N6O4/c1-32-17-8-5-15(6-9-17)19-14-16(29-33-19)7-10-20(30)24-12-3-13-26-22-21-18(4-2-11-25-21)23(31)28-27-22/h2,4-6,8-9,11,14,18,26H,3,7,10,12-13H2,1H3,(H,24,30). The minimum Gasteiger partial charge on any atom is -0.497 e. The first-order valence-electron chi connectivity index (χ1n) is 10.7. The van der Waals surface area contributed by atoms with Gasteiger partial charge in [0.25, 0.3) is 5.91 Å². The summed E-state index contributed by atoms with van der Waals surface area (Å²) in [5.74, 6) is 1.05. The number of aryl methyl sites for hydroxylation is 1. The van der Waals surface area contributed by atoms with Crippen LogP contribution >= 0.6 is 0 Å². The number of methoxy groups -OCH3 is 1. The van der Waals surface area contributed by atoms with Gasteiger partial charge in [-0.2, -0.15) is 0 Å². The quantitative estimate of drug-likeness (QED) is 0.538. The first-order valence-corrected chi connectivity index (χ1v) is 10.7. The average molecular weight is 448 g/mol. The van der Waals surface area contributed by atoms with Gasteiger partial charge in [-0.25, -0.2) is 0 Å². The highest BCUT2D eigenvalue weighted by atomic mass is 16.5. The molecular weight excluding hydrogens is 424 g/mol. The molecule has 1 atom stereocenters. The largest absolute Gasteiger partial charge is 0.497 e. The van der Waals surface area contributed by atoms with Crippen molar-refractivity contribution in [1.82, 2.24) is 15.8 Å². The van der Waals surface area contributed by atoms with E-state index in [1.165, 1.54) is 0 Å². The van der Waals surface area contributed by atoms with E-state index in [1.807, 2.05) is 30.3 Å². The molecule has 1 unspecified atom stereocenters. The van der Waals surface area contributed by atoms with E-state index in [1.54, 1.807) is 25.5 Å². The monoisotopic (exact) mass is 448 g/mol. The lowest BCUT2D eigenvalue weighted by Crippen LogP contribution is -2.29. The molecule has 0 saturated heterocycles. The zero-order chi connectivity index (χ0) is 23.0. The summed E-state index contributed by atoms with van der Waals surface area (Å²) >= 11 is 0. The Kier molecular flexibility index (Phi) is 7.03. The fourth-order valence-corrected chi connectivity index (χ4v) is 3.38. The predicted molar refractivity (Wildman–Crippen MR) is 120 cm³/mol.